The Labute approximate surface area is 146 Å². The van der Waals surface area contributed by atoms with Crippen molar-refractivity contribution in [1.82, 2.24) is 0 Å². The zero-order valence-electron chi connectivity index (χ0n) is 14.0. The van der Waals surface area contributed by atoms with E-state index in [1.165, 1.54) is 30.0 Å². The quantitative estimate of drug-likeness (QED) is 0.738. The number of carbonyl (C=O) groups excluding carboxylic acids is 2. The van der Waals surface area contributed by atoms with Crippen LogP contribution in [0.5, 0.6) is 0 Å². The second-order valence-corrected chi connectivity index (χ2v) is 7.51. The van der Waals surface area contributed by atoms with Crippen molar-refractivity contribution >= 4 is 27.4 Å². The van der Waals surface area contributed by atoms with Gasteiger partial charge in [-0.05, 0) is 24.3 Å². The molecule has 0 radical (unpaired) electrons. The second kappa shape index (κ2) is 7.94. The molecule has 0 aliphatic carbocycles. The third kappa shape index (κ3) is 4.45. The van der Waals surface area contributed by atoms with Crippen molar-refractivity contribution in [2.75, 3.05) is 24.3 Å². The molecule has 0 bridgehead atoms. The summed E-state index contributed by atoms with van der Waals surface area (Å²) in [5.74, 6) is -1.40. The molecule has 2 rings (SSSR count). The topological polar surface area (TPSA) is 80.7 Å². The molecule has 0 N–H and O–H groups in total. The summed E-state index contributed by atoms with van der Waals surface area (Å²) >= 11 is 0. The first-order valence-electron chi connectivity index (χ1n) is 7.67. The van der Waals surface area contributed by atoms with Crippen molar-refractivity contribution in [3.63, 3.8) is 0 Å². The number of carbonyl (C=O) groups is 2. The predicted octanol–water partition coefficient (Wildman–Crippen LogP) is 2.30. The maximum atomic E-state index is 12.2. The SMILES string of the molecule is CCS(=O)(=O)c1ccccc1C(=O)OCC(=O)N(C)c1ccccc1. The van der Waals surface area contributed by atoms with Crippen LogP contribution in [-0.4, -0.2) is 39.7 Å². The zero-order chi connectivity index (χ0) is 18.4. The van der Waals surface area contributed by atoms with E-state index in [-0.39, 0.29) is 16.2 Å². The Hall–Kier alpha value is -2.67. The first kappa shape index (κ1) is 18.7. The number of rotatable bonds is 6. The second-order valence-electron chi connectivity index (χ2n) is 5.26. The van der Waals surface area contributed by atoms with Crippen molar-refractivity contribution in [2.45, 2.75) is 11.8 Å². The number of hydrogen-bond donors (Lipinski definition) is 0. The molecule has 7 heteroatoms. The fourth-order valence-corrected chi connectivity index (χ4v) is 3.24. The standard InChI is InChI=1S/C18H19NO5S/c1-3-25(22,23)16-12-8-7-11-15(16)18(21)24-13-17(20)19(2)14-9-5-4-6-10-14/h4-12H,3,13H2,1-2H3. The van der Waals surface area contributed by atoms with Gasteiger partial charge in [0.1, 0.15) is 0 Å². The first-order valence-corrected chi connectivity index (χ1v) is 9.32. The molecule has 0 saturated carbocycles. The third-order valence-corrected chi connectivity index (χ3v) is 5.45. The van der Waals surface area contributed by atoms with Crippen LogP contribution in [0.25, 0.3) is 0 Å². The maximum Gasteiger partial charge on any atom is 0.339 e. The largest absolute Gasteiger partial charge is 0.452 e. The van der Waals surface area contributed by atoms with Gasteiger partial charge in [0.25, 0.3) is 5.91 Å². The smallest absolute Gasteiger partial charge is 0.339 e. The number of hydrogen-bond acceptors (Lipinski definition) is 5. The van der Waals surface area contributed by atoms with Crippen molar-refractivity contribution < 1.29 is 22.7 Å². The van der Waals surface area contributed by atoms with E-state index in [0.29, 0.717) is 5.69 Å². The normalized spacial score (nSPS) is 11.0. The Kier molecular flexibility index (Phi) is 5.93. The van der Waals surface area contributed by atoms with Crippen LogP contribution in [-0.2, 0) is 19.4 Å². The van der Waals surface area contributed by atoms with E-state index in [4.69, 9.17) is 4.74 Å². The number of likely N-dealkylation sites (N-methyl/N-ethyl adjacent to an activating group) is 1. The van der Waals surface area contributed by atoms with Crippen molar-refractivity contribution in [3.05, 3.63) is 60.2 Å². The number of benzene rings is 2. The lowest BCUT2D eigenvalue weighted by molar-refractivity contribution is -0.121. The van der Waals surface area contributed by atoms with E-state index in [1.807, 2.05) is 6.07 Å². The van der Waals surface area contributed by atoms with Gasteiger partial charge >= 0.3 is 5.97 Å². The van der Waals surface area contributed by atoms with Gasteiger partial charge in [0.2, 0.25) is 0 Å². The van der Waals surface area contributed by atoms with Crippen LogP contribution >= 0.6 is 0 Å². The molecule has 0 fully saturated rings. The highest BCUT2D eigenvalue weighted by Crippen LogP contribution is 2.18. The molecule has 25 heavy (non-hydrogen) atoms. The highest BCUT2D eigenvalue weighted by atomic mass is 32.2. The Bertz CT molecular complexity index is 862. The average Bonchev–Trinajstić information content (AvgIpc) is 2.65. The van der Waals surface area contributed by atoms with E-state index in [1.54, 1.807) is 37.4 Å². The molecule has 1 amide bonds. The van der Waals surface area contributed by atoms with Crippen LogP contribution in [0.4, 0.5) is 5.69 Å². The van der Waals surface area contributed by atoms with Gasteiger partial charge < -0.3 is 9.64 Å². The number of amides is 1. The van der Waals surface area contributed by atoms with Gasteiger partial charge in [0, 0.05) is 12.7 Å². The lowest BCUT2D eigenvalue weighted by Crippen LogP contribution is -2.31. The highest BCUT2D eigenvalue weighted by molar-refractivity contribution is 7.91. The minimum absolute atomic E-state index is 0.0699. The molecule has 0 aliphatic heterocycles. The minimum Gasteiger partial charge on any atom is -0.452 e. The number of esters is 1. The molecular weight excluding hydrogens is 342 g/mol. The summed E-state index contributed by atoms with van der Waals surface area (Å²) in [4.78, 5) is 25.7. The van der Waals surface area contributed by atoms with Gasteiger partial charge in [-0.3, -0.25) is 4.79 Å². The Morgan fingerprint density at radius 2 is 1.60 bits per heavy atom. The van der Waals surface area contributed by atoms with Crippen LogP contribution in [0.2, 0.25) is 0 Å². The lowest BCUT2D eigenvalue weighted by Gasteiger charge is -2.17. The first-order chi connectivity index (χ1) is 11.9. The van der Waals surface area contributed by atoms with Gasteiger partial charge in [-0.2, -0.15) is 0 Å². The molecule has 132 valence electrons. The van der Waals surface area contributed by atoms with Gasteiger partial charge in [-0.15, -0.1) is 0 Å². The van der Waals surface area contributed by atoms with Crippen molar-refractivity contribution in [2.24, 2.45) is 0 Å². The van der Waals surface area contributed by atoms with E-state index >= 15 is 0 Å². The zero-order valence-corrected chi connectivity index (χ0v) is 14.8. The average molecular weight is 361 g/mol. The molecule has 0 saturated heterocycles. The highest BCUT2D eigenvalue weighted by Gasteiger charge is 2.22. The van der Waals surface area contributed by atoms with Crippen LogP contribution in [0.3, 0.4) is 0 Å². The number of nitrogens with zero attached hydrogens (tertiary/aromatic N) is 1. The summed E-state index contributed by atoms with van der Waals surface area (Å²) in [6, 6.07) is 14.7. The third-order valence-electron chi connectivity index (χ3n) is 3.67. The molecule has 0 spiro atoms. The molecule has 2 aromatic carbocycles. The molecular formula is C18H19NO5S. The van der Waals surface area contributed by atoms with Gasteiger partial charge in [0.05, 0.1) is 16.2 Å². The van der Waals surface area contributed by atoms with Crippen molar-refractivity contribution in [3.8, 4) is 0 Å². The van der Waals surface area contributed by atoms with E-state index in [0.717, 1.165) is 0 Å². The van der Waals surface area contributed by atoms with E-state index in [2.05, 4.69) is 0 Å². The molecule has 6 nitrogen and oxygen atoms in total. The monoisotopic (exact) mass is 361 g/mol. The minimum atomic E-state index is -3.57. The Balaban J connectivity index is 2.10. The number of para-hydroxylation sites is 1. The molecule has 0 aromatic heterocycles. The summed E-state index contributed by atoms with van der Waals surface area (Å²) in [6.07, 6.45) is 0. The predicted molar refractivity (Wildman–Crippen MR) is 94.3 cm³/mol. The number of anilines is 1. The summed E-state index contributed by atoms with van der Waals surface area (Å²) in [5, 5.41) is 0. The summed E-state index contributed by atoms with van der Waals surface area (Å²) in [6.45, 7) is 1.01. The van der Waals surface area contributed by atoms with Gasteiger partial charge in [-0.25, -0.2) is 13.2 Å². The molecule has 2 aromatic rings. The van der Waals surface area contributed by atoms with E-state index in [9.17, 15) is 18.0 Å². The Morgan fingerprint density at radius 1 is 1.00 bits per heavy atom. The molecule has 0 aliphatic rings. The fraction of sp³-hybridized carbons (Fsp3) is 0.222. The van der Waals surface area contributed by atoms with Gasteiger partial charge in [0.15, 0.2) is 16.4 Å². The van der Waals surface area contributed by atoms with Crippen molar-refractivity contribution in [1.29, 1.82) is 0 Å². The molecule has 0 atom stereocenters. The summed E-state index contributed by atoms with van der Waals surface area (Å²) in [7, 11) is -2.00. The van der Waals surface area contributed by atoms with Crippen LogP contribution in [0.15, 0.2) is 59.5 Å². The van der Waals surface area contributed by atoms with Gasteiger partial charge in [-0.1, -0.05) is 37.3 Å². The lowest BCUT2D eigenvalue weighted by atomic mass is 10.2. The van der Waals surface area contributed by atoms with Crippen LogP contribution in [0.1, 0.15) is 17.3 Å². The van der Waals surface area contributed by atoms with Crippen LogP contribution < -0.4 is 4.90 Å². The Morgan fingerprint density at radius 3 is 2.24 bits per heavy atom. The molecule has 0 unspecified atom stereocenters. The summed E-state index contributed by atoms with van der Waals surface area (Å²) in [5.41, 5.74) is 0.594. The number of sulfone groups is 1. The fourth-order valence-electron chi connectivity index (χ4n) is 2.16. The maximum absolute atomic E-state index is 12.2. The van der Waals surface area contributed by atoms with E-state index < -0.39 is 28.3 Å². The van der Waals surface area contributed by atoms with Crippen LogP contribution in [0, 0.1) is 0 Å². The number of ether oxygens (including phenoxy) is 1. The molecule has 0 heterocycles. The summed E-state index contributed by atoms with van der Waals surface area (Å²) < 4.78 is 29.2.